The molecular formula is C45H67NO8. The van der Waals surface area contributed by atoms with Crippen LogP contribution in [0.15, 0.2) is 50.6 Å². The molecule has 0 aromatic rings. The van der Waals surface area contributed by atoms with Gasteiger partial charge in [0, 0.05) is 42.4 Å². The van der Waals surface area contributed by atoms with Crippen molar-refractivity contribution >= 4 is 23.9 Å². The zero-order valence-electron chi connectivity index (χ0n) is 32.8. The lowest BCUT2D eigenvalue weighted by molar-refractivity contribution is -0.141. The number of ether oxygens (including phenoxy) is 4. The smallest absolute Gasteiger partial charge is 0.330 e. The molecular weight excluding hydrogens is 682 g/mol. The van der Waals surface area contributed by atoms with E-state index in [4.69, 9.17) is 18.9 Å². The largest absolute Gasteiger partial charge is 0.463 e. The van der Waals surface area contributed by atoms with E-state index in [1.54, 1.807) is 0 Å². The molecule has 0 saturated heterocycles. The van der Waals surface area contributed by atoms with Crippen LogP contribution >= 0.6 is 0 Å². The molecule has 0 aromatic heterocycles. The van der Waals surface area contributed by atoms with E-state index in [1.807, 2.05) is 0 Å². The maximum absolute atomic E-state index is 12.3. The van der Waals surface area contributed by atoms with Crippen molar-refractivity contribution in [1.29, 1.82) is 0 Å². The SMILES string of the molecule is C=CC(=O)OCCC1CCC(N(C2CCC(CCOC(=O)C=C)CC2)C2CCC3C4CCCCC4C(CCOC(=O)C=C)(CCOC(=O)C=C)C3C2)CC1. The molecule has 0 aromatic carbocycles. The van der Waals surface area contributed by atoms with Crippen LogP contribution in [0, 0.1) is 40.9 Å². The van der Waals surface area contributed by atoms with Crippen LogP contribution in [0.4, 0.5) is 0 Å². The van der Waals surface area contributed by atoms with Crippen LogP contribution in [0.5, 0.6) is 0 Å². The van der Waals surface area contributed by atoms with Gasteiger partial charge in [0.05, 0.1) is 26.4 Å². The third-order valence-corrected chi connectivity index (χ3v) is 14.5. The number of rotatable bonds is 19. The van der Waals surface area contributed by atoms with Crippen LogP contribution in [-0.2, 0) is 38.1 Å². The van der Waals surface area contributed by atoms with Crippen LogP contribution in [-0.4, -0.2) is 73.3 Å². The molecule has 0 spiro atoms. The second kappa shape index (κ2) is 20.6. The molecule has 0 heterocycles. The summed E-state index contributed by atoms with van der Waals surface area (Å²) in [6.45, 7) is 15.9. The third kappa shape index (κ3) is 10.6. The number of hydrogen-bond donors (Lipinski definition) is 0. The summed E-state index contributed by atoms with van der Waals surface area (Å²) in [5, 5.41) is 0. The zero-order valence-corrected chi connectivity index (χ0v) is 32.8. The average molecular weight is 750 g/mol. The van der Waals surface area contributed by atoms with E-state index in [9.17, 15) is 19.2 Å². The Morgan fingerprint density at radius 2 is 0.907 bits per heavy atom. The molecule has 5 unspecified atom stereocenters. The zero-order chi connectivity index (χ0) is 38.5. The van der Waals surface area contributed by atoms with Crippen LogP contribution in [0.25, 0.3) is 0 Å². The number of hydrogen-bond acceptors (Lipinski definition) is 9. The maximum Gasteiger partial charge on any atom is 0.330 e. The summed E-state index contributed by atoms with van der Waals surface area (Å²) >= 11 is 0. The van der Waals surface area contributed by atoms with Crippen molar-refractivity contribution < 1.29 is 38.1 Å². The van der Waals surface area contributed by atoms with E-state index in [-0.39, 0.29) is 29.3 Å². The Kier molecular flexibility index (Phi) is 16.0. The van der Waals surface area contributed by atoms with Gasteiger partial charge in [-0.1, -0.05) is 39.2 Å². The Bertz CT molecular complexity index is 1240. The fourth-order valence-corrected chi connectivity index (χ4v) is 12.1. The first kappa shape index (κ1) is 42.0. The van der Waals surface area contributed by atoms with Gasteiger partial charge in [0.25, 0.3) is 0 Å². The molecule has 0 amide bonds. The predicted molar refractivity (Wildman–Crippen MR) is 209 cm³/mol. The van der Waals surface area contributed by atoms with Gasteiger partial charge >= 0.3 is 23.9 Å². The van der Waals surface area contributed by atoms with Crippen molar-refractivity contribution in [2.75, 3.05) is 26.4 Å². The fraction of sp³-hybridized carbons (Fsp3) is 0.733. The third-order valence-electron chi connectivity index (χ3n) is 14.5. The average Bonchev–Trinajstić information content (AvgIpc) is 3.47. The Morgan fingerprint density at radius 1 is 0.500 bits per heavy atom. The van der Waals surface area contributed by atoms with Gasteiger partial charge in [-0.25, -0.2) is 19.2 Å². The van der Waals surface area contributed by atoms with Crippen molar-refractivity contribution in [1.82, 2.24) is 4.90 Å². The first-order valence-corrected chi connectivity index (χ1v) is 21.2. The summed E-state index contributed by atoms with van der Waals surface area (Å²) in [6.07, 6.45) is 26.1. The number of esters is 4. The minimum atomic E-state index is -0.380. The van der Waals surface area contributed by atoms with Crippen molar-refractivity contribution in [3.05, 3.63) is 50.6 Å². The van der Waals surface area contributed by atoms with E-state index in [0.717, 1.165) is 83.5 Å². The van der Waals surface area contributed by atoms with E-state index >= 15 is 0 Å². The molecule has 0 radical (unpaired) electrons. The van der Waals surface area contributed by atoms with E-state index < -0.39 is 0 Å². The van der Waals surface area contributed by atoms with Crippen molar-refractivity contribution in [2.45, 2.75) is 140 Å². The van der Waals surface area contributed by atoms with Gasteiger partial charge < -0.3 is 18.9 Å². The number of carbonyl (C=O) groups excluding carboxylic acids is 4. The topological polar surface area (TPSA) is 108 Å². The number of fused-ring (bicyclic) bond motifs is 3. The van der Waals surface area contributed by atoms with Crippen molar-refractivity contribution in [3.8, 4) is 0 Å². The quantitative estimate of drug-likeness (QED) is 0.0730. The highest BCUT2D eigenvalue weighted by Crippen LogP contribution is 2.66. The van der Waals surface area contributed by atoms with Gasteiger partial charge in [0.2, 0.25) is 0 Å². The van der Waals surface area contributed by atoms with E-state index in [1.165, 1.54) is 62.8 Å². The second-order valence-electron chi connectivity index (χ2n) is 16.9. The monoisotopic (exact) mass is 749 g/mol. The summed E-state index contributed by atoms with van der Waals surface area (Å²) in [4.78, 5) is 50.8. The molecule has 0 N–H and O–H groups in total. The van der Waals surface area contributed by atoms with Gasteiger partial charge in [0.15, 0.2) is 0 Å². The highest BCUT2D eigenvalue weighted by atomic mass is 16.5. The van der Waals surface area contributed by atoms with Crippen molar-refractivity contribution in [2.24, 2.45) is 40.9 Å². The first-order valence-electron chi connectivity index (χ1n) is 21.2. The summed E-state index contributed by atoms with van der Waals surface area (Å²) in [6, 6.07) is 1.52. The molecule has 0 aliphatic heterocycles. The minimum absolute atomic E-state index is 0.0654. The lowest BCUT2D eigenvalue weighted by Crippen LogP contribution is -2.54. The molecule has 0 bridgehead atoms. The summed E-state index contributed by atoms with van der Waals surface area (Å²) in [5.41, 5.74) is -0.0654. The Labute approximate surface area is 324 Å². The standard InChI is InChI=1S/C45H67NO8/c1-5-41(47)51-27-23-32-13-17-34(18-14-32)46(35-19-15-33(16-20-35)24-28-52-42(48)6-2)36-21-22-38-37-11-9-10-12-39(37)45(40(38)31-36,25-29-53-43(49)7-3)26-30-54-44(50)8-4/h5-8,32-40H,1-4,9-31H2. The molecule has 5 fully saturated rings. The summed E-state index contributed by atoms with van der Waals surface area (Å²) < 4.78 is 22.1. The molecule has 5 aliphatic rings. The molecule has 5 rings (SSSR count). The summed E-state index contributed by atoms with van der Waals surface area (Å²) in [7, 11) is 0. The maximum atomic E-state index is 12.3. The lowest BCUT2D eigenvalue weighted by atomic mass is 9.61. The molecule has 5 aliphatic carbocycles. The van der Waals surface area contributed by atoms with Crippen LogP contribution in [0.1, 0.15) is 122 Å². The number of carbonyl (C=O) groups is 4. The molecule has 54 heavy (non-hydrogen) atoms. The molecule has 5 saturated carbocycles. The Morgan fingerprint density at radius 3 is 1.37 bits per heavy atom. The highest BCUT2D eigenvalue weighted by Gasteiger charge is 2.61. The lowest BCUT2D eigenvalue weighted by Gasteiger charge is -2.52. The van der Waals surface area contributed by atoms with Crippen LogP contribution in [0.3, 0.4) is 0 Å². The number of nitrogens with zero attached hydrogens (tertiary/aromatic N) is 1. The van der Waals surface area contributed by atoms with Gasteiger partial charge in [-0.15, -0.1) is 0 Å². The fourth-order valence-electron chi connectivity index (χ4n) is 12.1. The van der Waals surface area contributed by atoms with Gasteiger partial charge in [-0.3, -0.25) is 4.90 Å². The molecule has 9 heteroatoms. The van der Waals surface area contributed by atoms with Crippen molar-refractivity contribution in [3.63, 3.8) is 0 Å². The summed E-state index contributed by atoms with van der Waals surface area (Å²) in [5.74, 6) is 1.99. The molecule has 300 valence electrons. The van der Waals surface area contributed by atoms with Crippen LogP contribution < -0.4 is 0 Å². The van der Waals surface area contributed by atoms with Gasteiger partial charge in [-0.2, -0.15) is 0 Å². The van der Waals surface area contributed by atoms with Gasteiger partial charge in [-0.05, 0) is 150 Å². The highest BCUT2D eigenvalue weighted by molar-refractivity contribution is 5.82. The predicted octanol–water partition coefficient (Wildman–Crippen LogP) is 8.47. The van der Waals surface area contributed by atoms with E-state index in [0.29, 0.717) is 80.1 Å². The normalized spacial score (nSPS) is 31.5. The van der Waals surface area contributed by atoms with Crippen LogP contribution in [0.2, 0.25) is 0 Å². The van der Waals surface area contributed by atoms with E-state index in [2.05, 4.69) is 31.2 Å². The van der Waals surface area contributed by atoms with Gasteiger partial charge in [0.1, 0.15) is 0 Å². The molecule has 9 nitrogen and oxygen atoms in total. The second-order valence-corrected chi connectivity index (χ2v) is 16.9. The Balaban J connectivity index is 1.36. The Hall–Kier alpha value is -3.20. The minimum Gasteiger partial charge on any atom is -0.463 e. The molecule has 5 atom stereocenters. The first-order chi connectivity index (χ1) is 26.2.